The van der Waals surface area contributed by atoms with Crippen LogP contribution in [0.4, 0.5) is 17.1 Å². The first-order valence-corrected chi connectivity index (χ1v) is 11.7. The first-order valence-electron chi connectivity index (χ1n) is 11.3. The smallest absolute Gasteiger partial charge is 0.270 e. The molecule has 5 rings (SSSR count). The third-order valence-corrected chi connectivity index (χ3v) is 6.02. The number of carbonyl (C=O) groups excluding carboxylic acids is 1. The van der Waals surface area contributed by atoms with Crippen molar-refractivity contribution in [2.24, 2.45) is 0 Å². The minimum atomic E-state index is -0.531. The third-order valence-electron chi connectivity index (χ3n) is 5.82. The molecule has 0 spiro atoms. The Kier molecular flexibility index (Phi) is 6.56. The Morgan fingerprint density at radius 2 is 1.83 bits per heavy atom. The van der Waals surface area contributed by atoms with Crippen LogP contribution >= 0.6 is 12.2 Å². The van der Waals surface area contributed by atoms with Gasteiger partial charge in [0.2, 0.25) is 0 Å². The number of rotatable bonds is 5. The third kappa shape index (κ3) is 5.02. The first-order chi connectivity index (χ1) is 17.5. The van der Waals surface area contributed by atoms with Crippen LogP contribution in [0.25, 0.3) is 22.4 Å². The highest BCUT2D eigenvalue weighted by molar-refractivity contribution is 7.80. The van der Waals surface area contributed by atoms with E-state index in [2.05, 4.69) is 20.6 Å². The zero-order valence-electron chi connectivity index (χ0n) is 19.1. The van der Waals surface area contributed by atoms with Crippen LogP contribution in [0.3, 0.4) is 0 Å². The molecule has 0 saturated carbocycles. The molecule has 1 saturated heterocycles. The van der Waals surface area contributed by atoms with E-state index in [-0.39, 0.29) is 16.4 Å². The van der Waals surface area contributed by atoms with Crippen LogP contribution in [0.1, 0.15) is 10.4 Å². The van der Waals surface area contributed by atoms with E-state index in [4.69, 9.17) is 17.0 Å². The van der Waals surface area contributed by atoms with Crippen LogP contribution in [0.2, 0.25) is 0 Å². The Hall–Kier alpha value is -4.35. The SMILES string of the molecule is O=C(NC(=S)Nc1ccc(-c2nc3ccccc3[nH]2)cc1)c1cc([N+](=O)[O-])ccc1N1CCOCC1. The predicted molar refractivity (Wildman–Crippen MR) is 141 cm³/mol. The molecule has 3 N–H and O–H groups in total. The molecular formula is C25H22N6O4S. The van der Waals surface area contributed by atoms with Crippen LogP contribution in [0.15, 0.2) is 66.7 Å². The number of nitro groups is 1. The number of para-hydroxylation sites is 2. The van der Waals surface area contributed by atoms with Crippen molar-refractivity contribution in [2.75, 3.05) is 36.5 Å². The molecule has 36 heavy (non-hydrogen) atoms. The number of H-pyrrole nitrogens is 1. The number of hydrogen-bond acceptors (Lipinski definition) is 7. The monoisotopic (exact) mass is 502 g/mol. The van der Waals surface area contributed by atoms with Crippen molar-refractivity contribution in [3.63, 3.8) is 0 Å². The lowest BCUT2D eigenvalue weighted by atomic mass is 10.1. The van der Waals surface area contributed by atoms with Crippen molar-refractivity contribution < 1.29 is 14.5 Å². The average Bonchev–Trinajstić information content (AvgIpc) is 3.33. The number of anilines is 2. The molecule has 0 bridgehead atoms. The number of nitrogens with one attached hydrogen (secondary N) is 3. The molecule has 1 fully saturated rings. The zero-order chi connectivity index (χ0) is 25.1. The van der Waals surface area contributed by atoms with E-state index in [0.29, 0.717) is 37.7 Å². The second kappa shape index (κ2) is 10.1. The highest BCUT2D eigenvalue weighted by Crippen LogP contribution is 2.27. The Balaban J connectivity index is 1.29. The summed E-state index contributed by atoms with van der Waals surface area (Å²) < 4.78 is 5.38. The van der Waals surface area contributed by atoms with Crippen molar-refractivity contribution in [2.45, 2.75) is 0 Å². The number of carbonyl (C=O) groups is 1. The lowest BCUT2D eigenvalue weighted by Crippen LogP contribution is -2.39. The number of hydrogen-bond donors (Lipinski definition) is 3. The summed E-state index contributed by atoms with van der Waals surface area (Å²) in [5.74, 6) is 0.219. The van der Waals surface area contributed by atoms with Gasteiger partial charge in [-0.15, -0.1) is 0 Å². The highest BCUT2D eigenvalue weighted by Gasteiger charge is 2.22. The maximum absolute atomic E-state index is 13.1. The molecule has 1 aliphatic heterocycles. The summed E-state index contributed by atoms with van der Waals surface area (Å²) in [6, 6.07) is 19.5. The predicted octanol–water partition coefficient (Wildman–Crippen LogP) is 4.10. The number of morpholine rings is 1. The summed E-state index contributed by atoms with van der Waals surface area (Å²) in [5, 5.41) is 17.0. The van der Waals surface area contributed by atoms with Gasteiger partial charge in [-0.05, 0) is 54.7 Å². The number of benzene rings is 3. The Labute approximate surface area is 211 Å². The molecule has 11 heteroatoms. The molecule has 4 aromatic rings. The summed E-state index contributed by atoms with van der Waals surface area (Å²) in [6.07, 6.45) is 0. The van der Waals surface area contributed by atoms with E-state index >= 15 is 0 Å². The number of aromatic amines is 1. The van der Waals surface area contributed by atoms with E-state index in [9.17, 15) is 14.9 Å². The van der Waals surface area contributed by atoms with Gasteiger partial charge in [0.1, 0.15) is 5.82 Å². The molecule has 3 aromatic carbocycles. The fraction of sp³-hybridized carbons (Fsp3) is 0.160. The molecule has 1 amide bonds. The van der Waals surface area contributed by atoms with Crippen molar-refractivity contribution in [3.05, 3.63) is 82.4 Å². The van der Waals surface area contributed by atoms with Gasteiger partial charge in [0.05, 0.1) is 40.4 Å². The molecule has 0 aliphatic carbocycles. The number of nitrogens with zero attached hydrogens (tertiary/aromatic N) is 3. The van der Waals surface area contributed by atoms with Gasteiger partial charge in [-0.2, -0.15) is 0 Å². The molecule has 1 aromatic heterocycles. The van der Waals surface area contributed by atoms with E-state index in [0.717, 1.165) is 22.4 Å². The molecule has 0 radical (unpaired) electrons. The topological polar surface area (TPSA) is 125 Å². The molecular weight excluding hydrogens is 480 g/mol. The quantitative estimate of drug-likeness (QED) is 0.212. The van der Waals surface area contributed by atoms with Gasteiger partial charge < -0.3 is 19.9 Å². The van der Waals surface area contributed by atoms with Crippen molar-refractivity contribution in [1.29, 1.82) is 0 Å². The largest absolute Gasteiger partial charge is 0.378 e. The van der Waals surface area contributed by atoms with Crippen LogP contribution in [0, 0.1) is 10.1 Å². The number of imidazole rings is 1. The Morgan fingerprint density at radius 1 is 1.08 bits per heavy atom. The maximum Gasteiger partial charge on any atom is 0.270 e. The molecule has 2 heterocycles. The van der Waals surface area contributed by atoms with E-state index in [1.165, 1.54) is 12.1 Å². The van der Waals surface area contributed by atoms with Gasteiger partial charge in [-0.3, -0.25) is 20.2 Å². The second-order valence-corrected chi connectivity index (χ2v) is 8.55. The molecule has 10 nitrogen and oxygen atoms in total. The molecule has 0 unspecified atom stereocenters. The number of amides is 1. The number of non-ortho nitro benzene ring substituents is 1. The van der Waals surface area contributed by atoms with Gasteiger partial charge in [-0.1, -0.05) is 12.1 Å². The average molecular weight is 503 g/mol. The first kappa shape index (κ1) is 23.4. The van der Waals surface area contributed by atoms with Crippen molar-refractivity contribution in [1.82, 2.24) is 15.3 Å². The summed E-state index contributed by atoms with van der Waals surface area (Å²) in [5.41, 5.74) is 4.02. The fourth-order valence-electron chi connectivity index (χ4n) is 4.03. The van der Waals surface area contributed by atoms with Crippen LogP contribution in [0.5, 0.6) is 0 Å². The van der Waals surface area contributed by atoms with Gasteiger partial charge in [0.15, 0.2) is 5.11 Å². The summed E-state index contributed by atoms with van der Waals surface area (Å²) in [7, 11) is 0. The van der Waals surface area contributed by atoms with E-state index < -0.39 is 10.8 Å². The number of nitro benzene ring substituents is 1. The number of thiocarbonyl (C=S) groups is 1. The second-order valence-electron chi connectivity index (χ2n) is 8.15. The normalized spacial score (nSPS) is 13.4. The van der Waals surface area contributed by atoms with Gasteiger partial charge in [-0.25, -0.2) is 4.98 Å². The highest BCUT2D eigenvalue weighted by atomic mass is 32.1. The minimum absolute atomic E-state index is 0.0796. The summed E-state index contributed by atoms with van der Waals surface area (Å²) >= 11 is 5.34. The number of fused-ring (bicyclic) bond motifs is 1. The van der Waals surface area contributed by atoms with E-state index in [1.54, 1.807) is 6.07 Å². The summed E-state index contributed by atoms with van der Waals surface area (Å²) in [4.78, 5) is 33.7. The van der Waals surface area contributed by atoms with Crippen molar-refractivity contribution >= 4 is 51.3 Å². The van der Waals surface area contributed by atoms with Gasteiger partial charge >= 0.3 is 0 Å². The Bertz CT molecular complexity index is 1410. The molecule has 182 valence electrons. The standard InChI is InChI=1S/C25H22N6O4S/c32-24(19-15-18(31(33)34)9-10-22(19)30-11-13-35-14-12-30)29-25(36)26-17-7-5-16(6-8-17)23-27-20-3-1-2-4-21(20)28-23/h1-10,15H,11-14H2,(H,27,28)(H2,26,29,32,36). The zero-order valence-corrected chi connectivity index (χ0v) is 19.9. The molecule has 0 atom stereocenters. The van der Waals surface area contributed by atoms with E-state index in [1.807, 2.05) is 53.4 Å². The van der Waals surface area contributed by atoms with Crippen LogP contribution < -0.4 is 15.5 Å². The lowest BCUT2D eigenvalue weighted by molar-refractivity contribution is -0.384. The van der Waals surface area contributed by atoms with Crippen LogP contribution in [-0.2, 0) is 4.74 Å². The number of ether oxygens (including phenoxy) is 1. The van der Waals surface area contributed by atoms with Crippen molar-refractivity contribution in [3.8, 4) is 11.4 Å². The summed E-state index contributed by atoms with van der Waals surface area (Å²) in [6.45, 7) is 2.20. The fourth-order valence-corrected chi connectivity index (χ4v) is 4.24. The lowest BCUT2D eigenvalue weighted by Gasteiger charge is -2.30. The van der Waals surface area contributed by atoms with Gasteiger partial charge in [0, 0.05) is 36.5 Å². The Morgan fingerprint density at radius 3 is 2.56 bits per heavy atom. The van der Waals surface area contributed by atoms with Gasteiger partial charge in [0.25, 0.3) is 11.6 Å². The minimum Gasteiger partial charge on any atom is -0.378 e. The molecule has 1 aliphatic rings. The number of aromatic nitrogens is 2. The maximum atomic E-state index is 13.1. The van der Waals surface area contributed by atoms with Crippen LogP contribution in [-0.4, -0.2) is 52.2 Å².